The van der Waals surface area contributed by atoms with Gasteiger partial charge in [0.2, 0.25) is 0 Å². The van der Waals surface area contributed by atoms with Crippen molar-refractivity contribution in [2.75, 3.05) is 0 Å². The van der Waals surface area contributed by atoms with E-state index in [9.17, 15) is 4.79 Å². The highest BCUT2D eigenvalue weighted by Crippen LogP contribution is 2.19. The summed E-state index contributed by atoms with van der Waals surface area (Å²) in [5.41, 5.74) is 7.17. The van der Waals surface area contributed by atoms with Crippen LogP contribution in [0.4, 0.5) is 0 Å². The lowest BCUT2D eigenvalue weighted by atomic mass is 10.2. The molecule has 0 saturated heterocycles. The molecule has 0 aliphatic carbocycles. The van der Waals surface area contributed by atoms with Gasteiger partial charge >= 0.3 is 0 Å². The van der Waals surface area contributed by atoms with Crippen LogP contribution in [0.5, 0.6) is 0 Å². The molecule has 1 N–H and O–H groups in total. The molecule has 5 nitrogen and oxygen atoms in total. The number of hydrogen-bond acceptors (Lipinski definition) is 3. The second-order valence-corrected chi connectivity index (χ2v) is 5.91. The molecule has 0 radical (unpaired) electrons. The molecule has 1 heterocycles. The Bertz CT molecular complexity index is 900. The van der Waals surface area contributed by atoms with E-state index in [1.54, 1.807) is 6.08 Å². The Labute approximate surface area is 152 Å². The third-order valence-corrected chi connectivity index (χ3v) is 4.00. The van der Waals surface area contributed by atoms with Crippen LogP contribution in [0.2, 0.25) is 0 Å². The minimum atomic E-state index is -0.313. The van der Waals surface area contributed by atoms with E-state index < -0.39 is 0 Å². The molecule has 0 unspecified atom stereocenters. The van der Waals surface area contributed by atoms with Crippen LogP contribution < -0.4 is 5.48 Å². The van der Waals surface area contributed by atoms with Crippen molar-refractivity contribution in [3.05, 3.63) is 89.3 Å². The maximum Gasteiger partial charge on any atom is 0.267 e. The van der Waals surface area contributed by atoms with Gasteiger partial charge in [-0.2, -0.15) is 5.10 Å². The molecule has 3 aromatic rings. The Morgan fingerprint density at radius 3 is 2.42 bits per heavy atom. The maximum absolute atomic E-state index is 12.0. The molecule has 1 amide bonds. The van der Waals surface area contributed by atoms with Crippen LogP contribution in [0.25, 0.3) is 11.8 Å². The fourth-order valence-electron chi connectivity index (χ4n) is 2.67. The van der Waals surface area contributed by atoms with Gasteiger partial charge < -0.3 is 0 Å². The Morgan fingerprint density at radius 1 is 1.08 bits per heavy atom. The van der Waals surface area contributed by atoms with Crippen LogP contribution in [0.1, 0.15) is 22.5 Å². The van der Waals surface area contributed by atoms with Crippen molar-refractivity contribution in [2.45, 2.75) is 20.5 Å². The molecule has 2 aromatic carbocycles. The van der Waals surface area contributed by atoms with Crippen molar-refractivity contribution in [3.63, 3.8) is 0 Å². The summed E-state index contributed by atoms with van der Waals surface area (Å²) < 4.78 is 1.87. The summed E-state index contributed by atoms with van der Waals surface area (Å²) in [5, 5.41) is 4.56. The number of benzene rings is 2. The Balaban J connectivity index is 1.63. The molecule has 0 atom stereocenters. The van der Waals surface area contributed by atoms with Crippen molar-refractivity contribution in [1.82, 2.24) is 15.3 Å². The molecule has 26 heavy (non-hydrogen) atoms. The summed E-state index contributed by atoms with van der Waals surface area (Å²) in [6.45, 7) is 4.23. The van der Waals surface area contributed by atoms with E-state index in [2.05, 4.69) is 10.6 Å². The lowest BCUT2D eigenvalue weighted by molar-refractivity contribution is -0.129. The SMILES string of the molecule is Cc1nn(-c2ccccc2)c(C)c1/C=C/C(=O)NOCc1ccccc1. The standard InChI is InChI=1S/C21H21N3O2/c1-16-20(17(2)24(22-16)19-11-7-4-8-12-19)13-14-21(25)23-26-15-18-9-5-3-6-10-18/h3-14H,15H2,1-2H3,(H,23,25)/b14-13+. The van der Waals surface area contributed by atoms with Gasteiger partial charge in [0.1, 0.15) is 0 Å². The number of amides is 1. The minimum Gasteiger partial charge on any atom is -0.269 e. The van der Waals surface area contributed by atoms with Crippen molar-refractivity contribution in [2.24, 2.45) is 0 Å². The maximum atomic E-state index is 12.0. The molecule has 1 aromatic heterocycles. The zero-order valence-corrected chi connectivity index (χ0v) is 14.8. The quantitative estimate of drug-likeness (QED) is 0.546. The number of carbonyl (C=O) groups excluding carboxylic acids is 1. The fourth-order valence-corrected chi connectivity index (χ4v) is 2.67. The van der Waals surface area contributed by atoms with E-state index in [1.165, 1.54) is 6.08 Å². The lowest BCUT2D eigenvalue weighted by Gasteiger charge is -2.04. The number of hydrogen-bond donors (Lipinski definition) is 1. The van der Waals surface area contributed by atoms with Gasteiger partial charge in [0.25, 0.3) is 5.91 Å². The van der Waals surface area contributed by atoms with Crippen molar-refractivity contribution < 1.29 is 9.63 Å². The molecule has 0 bridgehead atoms. The summed E-state index contributed by atoms with van der Waals surface area (Å²) in [6, 6.07) is 19.6. The van der Waals surface area contributed by atoms with Crippen LogP contribution in [0, 0.1) is 13.8 Å². The fraction of sp³-hybridized carbons (Fsp3) is 0.143. The van der Waals surface area contributed by atoms with E-state index in [4.69, 9.17) is 4.84 Å². The van der Waals surface area contributed by atoms with E-state index in [1.807, 2.05) is 79.2 Å². The van der Waals surface area contributed by atoms with Crippen molar-refractivity contribution >= 4 is 12.0 Å². The summed E-state index contributed by atoms with van der Waals surface area (Å²) in [7, 11) is 0. The third kappa shape index (κ3) is 4.26. The van der Waals surface area contributed by atoms with Gasteiger partial charge in [-0.3, -0.25) is 9.63 Å². The predicted molar refractivity (Wildman–Crippen MR) is 101 cm³/mol. The molecule has 3 rings (SSSR count). The highest BCUT2D eigenvalue weighted by molar-refractivity contribution is 5.91. The number of rotatable bonds is 6. The van der Waals surface area contributed by atoms with Crippen molar-refractivity contribution in [3.8, 4) is 5.69 Å². The first-order chi connectivity index (χ1) is 12.6. The van der Waals surface area contributed by atoms with Crippen LogP contribution >= 0.6 is 0 Å². The normalized spacial score (nSPS) is 11.0. The molecular formula is C21H21N3O2. The average Bonchev–Trinajstić information content (AvgIpc) is 2.95. The third-order valence-electron chi connectivity index (χ3n) is 4.00. The van der Waals surface area contributed by atoms with Gasteiger partial charge in [-0.15, -0.1) is 0 Å². The molecular weight excluding hydrogens is 326 g/mol. The van der Waals surface area contributed by atoms with E-state index >= 15 is 0 Å². The highest BCUT2D eigenvalue weighted by Gasteiger charge is 2.10. The number of para-hydroxylation sites is 1. The monoisotopic (exact) mass is 347 g/mol. The number of aromatic nitrogens is 2. The van der Waals surface area contributed by atoms with Gasteiger partial charge in [-0.1, -0.05) is 48.5 Å². The number of carbonyl (C=O) groups is 1. The largest absolute Gasteiger partial charge is 0.269 e. The second kappa shape index (κ2) is 8.27. The van der Waals surface area contributed by atoms with Gasteiger partial charge in [0.15, 0.2) is 0 Å². The zero-order valence-electron chi connectivity index (χ0n) is 14.8. The van der Waals surface area contributed by atoms with Crippen LogP contribution in [-0.2, 0) is 16.2 Å². The van der Waals surface area contributed by atoms with Crippen LogP contribution in [0.15, 0.2) is 66.7 Å². The first-order valence-corrected chi connectivity index (χ1v) is 8.40. The zero-order chi connectivity index (χ0) is 18.4. The summed E-state index contributed by atoms with van der Waals surface area (Å²) >= 11 is 0. The first-order valence-electron chi connectivity index (χ1n) is 8.40. The van der Waals surface area contributed by atoms with Crippen LogP contribution in [-0.4, -0.2) is 15.7 Å². The number of nitrogens with one attached hydrogen (secondary N) is 1. The molecule has 5 heteroatoms. The molecule has 0 saturated carbocycles. The number of aryl methyl sites for hydroxylation is 1. The summed E-state index contributed by atoms with van der Waals surface area (Å²) in [5.74, 6) is -0.313. The average molecular weight is 347 g/mol. The molecule has 0 fully saturated rings. The van der Waals surface area contributed by atoms with Gasteiger partial charge in [0, 0.05) is 17.3 Å². The minimum absolute atomic E-state index is 0.313. The highest BCUT2D eigenvalue weighted by atomic mass is 16.6. The Kier molecular flexibility index (Phi) is 5.61. The molecule has 0 spiro atoms. The van der Waals surface area contributed by atoms with Gasteiger partial charge in [-0.05, 0) is 37.6 Å². The number of hydroxylamine groups is 1. The Morgan fingerprint density at radius 2 is 1.73 bits per heavy atom. The lowest BCUT2D eigenvalue weighted by Crippen LogP contribution is -2.21. The molecule has 0 aliphatic heterocycles. The second-order valence-electron chi connectivity index (χ2n) is 5.91. The van der Waals surface area contributed by atoms with Gasteiger partial charge in [0.05, 0.1) is 18.0 Å². The van der Waals surface area contributed by atoms with Crippen molar-refractivity contribution in [1.29, 1.82) is 0 Å². The smallest absolute Gasteiger partial charge is 0.267 e. The molecule has 132 valence electrons. The Hall–Kier alpha value is -3.18. The van der Waals surface area contributed by atoms with E-state index in [-0.39, 0.29) is 5.91 Å². The van der Waals surface area contributed by atoms with Gasteiger partial charge in [-0.25, -0.2) is 10.2 Å². The number of nitrogens with zero attached hydrogens (tertiary/aromatic N) is 2. The molecule has 0 aliphatic rings. The topological polar surface area (TPSA) is 56.2 Å². The van der Waals surface area contributed by atoms with E-state index in [0.29, 0.717) is 6.61 Å². The summed E-state index contributed by atoms with van der Waals surface area (Å²) in [4.78, 5) is 17.2. The predicted octanol–water partition coefficient (Wildman–Crippen LogP) is 3.75. The van der Waals surface area contributed by atoms with E-state index in [0.717, 1.165) is 28.2 Å². The van der Waals surface area contributed by atoms with Crippen LogP contribution in [0.3, 0.4) is 0 Å². The summed E-state index contributed by atoms with van der Waals surface area (Å²) in [6.07, 6.45) is 3.22. The first kappa shape index (κ1) is 17.6.